The molecule has 3 aromatic heterocycles. The molecule has 0 unspecified atom stereocenters. The van der Waals surface area contributed by atoms with Crippen molar-refractivity contribution >= 4 is 39.2 Å². The van der Waals surface area contributed by atoms with Gasteiger partial charge in [0.15, 0.2) is 5.82 Å². The standard InChI is InChI=1S/C19H19F3N8S/c1-2-4-11-9-12-15(25-18(26-16(12)31-11)24-13-5-3-6-23-13)29-7-8-30-14(10-29)27-28-17(30)19(20,21)22/h3,5,9H,2,4,6-8,10H2,1H3,(H,23,24,25,26). The van der Waals surface area contributed by atoms with E-state index in [1.807, 2.05) is 17.1 Å². The minimum atomic E-state index is -4.52. The molecular weight excluding hydrogens is 429 g/mol. The van der Waals surface area contributed by atoms with Crippen LogP contribution in [0.4, 0.5) is 24.9 Å². The van der Waals surface area contributed by atoms with E-state index in [0.29, 0.717) is 30.7 Å². The van der Waals surface area contributed by atoms with E-state index in [1.54, 1.807) is 11.3 Å². The molecule has 0 spiro atoms. The molecule has 0 amide bonds. The predicted molar refractivity (Wildman–Crippen MR) is 113 cm³/mol. The van der Waals surface area contributed by atoms with Crippen molar-refractivity contribution in [2.24, 2.45) is 4.99 Å². The molecule has 0 saturated carbocycles. The highest BCUT2D eigenvalue weighted by atomic mass is 32.1. The summed E-state index contributed by atoms with van der Waals surface area (Å²) in [5.74, 6) is 1.09. The van der Waals surface area contributed by atoms with Gasteiger partial charge in [-0.25, -0.2) is 4.98 Å². The summed E-state index contributed by atoms with van der Waals surface area (Å²) >= 11 is 1.61. The number of aryl methyl sites for hydroxylation is 1. The Bertz CT molecular complexity index is 1190. The molecule has 5 heterocycles. The number of halogens is 3. The average Bonchev–Trinajstić information content (AvgIpc) is 3.45. The van der Waals surface area contributed by atoms with Crippen LogP contribution < -0.4 is 10.2 Å². The number of thiophene rings is 1. The van der Waals surface area contributed by atoms with Crippen molar-refractivity contribution in [2.45, 2.75) is 39.0 Å². The summed E-state index contributed by atoms with van der Waals surface area (Å²) in [5, 5.41) is 11.2. The fraction of sp³-hybridized carbons (Fsp3) is 0.421. The zero-order chi connectivity index (χ0) is 21.6. The molecule has 162 valence electrons. The van der Waals surface area contributed by atoms with Gasteiger partial charge in [-0.1, -0.05) is 19.4 Å². The highest BCUT2D eigenvalue weighted by molar-refractivity contribution is 7.18. The van der Waals surface area contributed by atoms with Crippen molar-refractivity contribution in [3.05, 3.63) is 34.7 Å². The van der Waals surface area contributed by atoms with Gasteiger partial charge >= 0.3 is 6.18 Å². The molecule has 8 nitrogen and oxygen atoms in total. The Morgan fingerprint density at radius 1 is 1.19 bits per heavy atom. The maximum atomic E-state index is 13.2. The first-order chi connectivity index (χ1) is 14.9. The summed E-state index contributed by atoms with van der Waals surface area (Å²) in [6, 6.07) is 2.08. The first kappa shape index (κ1) is 19.9. The van der Waals surface area contributed by atoms with Gasteiger partial charge in [0, 0.05) is 18.0 Å². The molecular formula is C19H19F3N8S. The molecule has 3 aromatic rings. The van der Waals surface area contributed by atoms with E-state index in [0.717, 1.165) is 27.6 Å². The molecule has 1 N–H and O–H groups in total. The molecule has 2 aliphatic heterocycles. The molecule has 12 heteroatoms. The van der Waals surface area contributed by atoms with Crippen LogP contribution >= 0.6 is 11.3 Å². The fourth-order valence-electron chi connectivity index (χ4n) is 3.73. The Balaban J connectivity index is 1.53. The molecule has 0 fully saturated rings. The number of nitrogens with one attached hydrogen (secondary N) is 1. The summed E-state index contributed by atoms with van der Waals surface area (Å²) in [5.41, 5.74) is 0. The van der Waals surface area contributed by atoms with Gasteiger partial charge in [0.2, 0.25) is 11.8 Å². The molecule has 0 bridgehead atoms. The van der Waals surface area contributed by atoms with Crippen LogP contribution in [-0.4, -0.2) is 43.7 Å². The Morgan fingerprint density at radius 3 is 2.81 bits per heavy atom. The Labute approximate surface area is 179 Å². The zero-order valence-corrected chi connectivity index (χ0v) is 17.5. The Morgan fingerprint density at radius 2 is 2.06 bits per heavy atom. The van der Waals surface area contributed by atoms with Crippen LogP contribution in [0.3, 0.4) is 0 Å². The fourth-order valence-corrected chi connectivity index (χ4v) is 4.86. The summed E-state index contributed by atoms with van der Waals surface area (Å²) in [4.78, 5) is 17.6. The maximum absolute atomic E-state index is 13.2. The van der Waals surface area contributed by atoms with E-state index in [4.69, 9.17) is 4.98 Å². The van der Waals surface area contributed by atoms with Crippen LogP contribution in [0.1, 0.15) is 29.9 Å². The summed E-state index contributed by atoms with van der Waals surface area (Å²) in [6.45, 7) is 3.41. The average molecular weight is 448 g/mol. The third-order valence-corrected chi connectivity index (χ3v) is 6.20. The Kier molecular flexibility index (Phi) is 4.88. The molecule has 2 aliphatic rings. The largest absolute Gasteiger partial charge is 0.451 e. The van der Waals surface area contributed by atoms with Gasteiger partial charge in [0.05, 0.1) is 18.5 Å². The highest BCUT2D eigenvalue weighted by Crippen LogP contribution is 2.35. The van der Waals surface area contributed by atoms with Crippen molar-refractivity contribution in [1.29, 1.82) is 0 Å². The number of amidine groups is 1. The van der Waals surface area contributed by atoms with Gasteiger partial charge < -0.3 is 14.8 Å². The topological polar surface area (TPSA) is 84.1 Å². The lowest BCUT2D eigenvalue weighted by Crippen LogP contribution is -2.36. The molecule has 0 atom stereocenters. The second kappa shape index (κ2) is 7.59. The van der Waals surface area contributed by atoms with Crippen LogP contribution in [0, 0.1) is 0 Å². The number of hydrogen-bond donors (Lipinski definition) is 1. The lowest BCUT2D eigenvalue weighted by molar-refractivity contribution is -0.147. The van der Waals surface area contributed by atoms with Crippen LogP contribution in [0.5, 0.6) is 0 Å². The van der Waals surface area contributed by atoms with Crippen LogP contribution in [0.15, 0.2) is 23.2 Å². The van der Waals surface area contributed by atoms with E-state index in [1.165, 1.54) is 4.88 Å². The van der Waals surface area contributed by atoms with Crippen molar-refractivity contribution < 1.29 is 13.2 Å². The van der Waals surface area contributed by atoms with Gasteiger partial charge in [0.1, 0.15) is 16.5 Å². The summed E-state index contributed by atoms with van der Waals surface area (Å²) in [6.07, 6.45) is 1.22. The molecule has 0 aliphatic carbocycles. The monoisotopic (exact) mass is 448 g/mol. The number of fused-ring (bicyclic) bond motifs is 2. The normalized spacial score (nSPS) is 16.1. The number of hydrogen-bond acceptors (Lipinski definition) is 8. The number of aromatic nitrogens is 5. The number of alkyl halides is 3. The molecule has 0 saturated heterocycles. The van der Waals surface area contributed by atoms with Crippen LogP contribution in [-0.2, 0) is 25.7 Å². The van der Waals surface area contributed by atoms with E-state index >= 15 is 0 Å². The van der Waals surface area contributed by atoms with Gasteiger partial charge in [-0.3, -0.25) is 4.99 Å². The summed E-state index contributed by atoms with van der Waals surface area (Å²) in [7, 11) is 0. The van der Waals surface area contributed by atoms with Gasteiger partial charge in [-0.2, -0.15) is 18.2 Å². The van der Waals surface area contributed by atoms with E-state index in [9.17, 15) is 13.2 Å². The van der Waals surface area contributed by atoms with Crippen molar-refractivity contribution in [2.75, 3.05) is 23.3 Å². The van der Waals surface area contributed by atoms with Gasteiger partial charge in [-0.15, -0.1) is 21.5 Å². The molecule has 5 rings (SSSR count). The highest BCUT2D eigenvalue weighted by Gasteiger charge is 2.39. The minimum Gasteiger partial charge on any atom is -0.347 e. The van der Waals surface area contributed by atoms with Crippen molar-refractivity contribution in [1.82, 2.24) is 24.7 Å². The number of anilines is 2. The second-order valence-electron chi connectivity index (χ2n) is 7.32. The third kappa shape index (κ3) is 3.75. The second-order valence-corrected chi connectivity index (χ2v) is 8.43. The third-order valence-electron chi connectivity index (χ3n) is 5.11. The SMILES string of the molecule is CCCc1cc2c(N3CCn4c(nnc4C(F)(F)F)C3)nc(NC3=NCC=C3)nc2s1. The smallest absolute Gasteiger partial charge is 0.347 e. The number of aliphatic imine (C=N–C) groups is 1. The van der Waals surface area contributed by atoms with E-state index in [2.05, 4.69) is 38.5 Å². The molecule has 0 radical (unpaired) electrons. The van der Waals surface area contributed by atoms with Gasteiger partial charge in [-0.05, 0) is 18.6 Å². The zero-order valence-electron chi connectivity index (χ0n) is 16.6. The Hall–Kier alpha value is -3.02. The molecule has 31 heavy (non-hydrogen) atoms. The predicted octanol–water partition coefficient (Wildman–Crippen LogP) is 3.65. The van der Waals surface area contributed by atoms with Crippen molar-refractivity contribution in [3.8, 4) is 0 Å². The van der Waals surface area contributed by atoms with Crippen LogP contribution in [0.25, 0.3) is 10.2 Å². The van der Waals surface area contributed by atoms with Crippen LogP contribution in [0.2, 0.25) is 0 Å². The first-order valence-corrected chi connectivity index (χ1v) is 10.8. The molecule has 0 aromatic carbocycles. The first-order valence-electron chi connectivity index (χ1n) is 9.95. The quantitative estimate of drug-likeness (QED) is 0.656. The van der Waals surface area contributed by atoms with E-state index < -0.39 is 12.0 Å². The number of rotatable bonds is 4. The lowest BCUT2D eigenvalue weighted by atomic mass is 10.2. The minimum absolute atomic E-state index is 0.132. The van der Waals surface area contributed by atoms with Crippen molar-refractivity contribution in [3.63, 3.8) is 0 Å². The van der Waals surface area contributed by atoms with Gasteiger partial charge in [0.25, 0.3) is 0 Å². The maximum Gasteiger partial charge on any atom is 0.451 e. The number of nitrogens with zero attached hydrogens (tertiary/aromatic N) is 7. The summed E-state index contributed by atoms with van der Waals surface area (Å²) < 4.78 is 40.7. The lowest BCUT2D eigenvalue weighted by Gasteiger charge is -2.29. The van der Waals surface area contributed by atoms with E-state index in [-0.39, 0.29) is 18.9 Å².